The number of ether oxygens (including phenoxy) is 2. The van der Waals surface area contributed by atoms with E-state index in [9.17, 15) is 19.7 Å². The van der Waals surface area contributed by atoms with Crippen LogP contribution in [0, 0.1) is 0 Å². The van der Waals surface area contributed by atoms with Gasteiger partial charge in [0.15, 0.2) is 11.5 Å². The molecule has 0 bridgehead atoms. The maximum Gasteiger partial charge on any atom is 0.163 e. The highest BCUT2D eigenvalue weighted by Crippen LogP contribution is 2.38. The Balaban J connectivity index is 2.03. The maximum atomic E-state index is 13.4. The van der Waals surface area contributed by atoms with Gasteiger partial charge in [0.1, 0.15) is 5.83 Å². The average Bonchev–Trinajstić information content (AvgIpc) is 2.87. The van der Waals surface area contributed by atoms with Crippen LogP contribution in [0.3, 0.4) is 0 Å². The van der Waals surface area contributed by atoms with Crippen LogP contribution >= 0.6 is 11.6 Å². The van der Waals surface area contributed by atoms with Crippen LogP contribution in [0.2, 0.25) is 0 Å². The molecule has 1 heterocycles. The van der Waals surface area contributed by atoms with Crippen molar-refractivity contribution in [1.82, 2.24) is 10.2 Å². The number of aliphatic imine (C=N–C) groups is 1. The zero-order chi connectivity index (χ0) is 26.0. The van der Waals surface area contributed by atoms with Gasteiger partial charge in [-0.3, -0.25) is 9.89 Å². The third-order valence-electron chi connectivity index (χ3n) is 5.94. The van der Waals surface area contributed by atoms with Gasteiger partial charge in [-0.15, -0.1) is 0 Å². The summed E-state index contributed by atoms with van der Waals surface area (Å²) in [6.07, 6.45) is 3.27. The number of piperidine rings is 1. The van der Waals surface area contributed by atoms with E-state index in [1.54, 1.807) is 19.2 Å². The van der Waals surface area contributed by atoms with E-state index in [-0.39, 0.29) is 17.7 Å². The summed E-state index contributed by atoms with van der Waals surface area (Å²) in [4.78, 5) is 6.06. The smallest absolute Gasteiger partial charge is 0.163 e. The number of benzene rings is 1. The van der Waals surface area contributed by atoms with E-state index in [2.05, 4.69) is 23.6 Å². The minimum absolute atomic E-state index is 0.0661. The van der Waals surface area contributed by atoms with Gasteiger partial charge in [0, 0.05) is 24.7 Å². The quantitative estimate of drug-likeness (QED) is 0.183. The topological polar surface area (TPSA) is 107 Å². The summed E-state index contributed by atoms with van der Waals surface area (Å²) in [6.45, 7) is 10.2. The van der Waals surface area contributed by atoms with Crippen LogP contribution in [0.5, 0.6) is 11.5 Å². The Morgan fingerprint density at radius 1 is 1.40 bits per heavy atom. The molecule has 0 aromatic heterocycles. The molecule has 10 heteroatoms. The highest BCUT2D eigenvalue weighted by molar-refractivity contribution is 6.31. The van der Waals surface area contributed by atoms with Crippen LogP contribution in [-0.2, 0) is 0 Å². The largest absolute Gasteiger partial charge is 0.493 e. The van der Waals surface area contributed by atoms with Crippen LogP contribution in [-0.4, -0.2) is 78.6 Å². The van der Waals surface area contributed by atoms with Crippen LogP contribution in [0.25, 0.3) is 0 Å². The molecule has 1 aliphatic rings. The Labute approximate surface area is 211 Å². The fourth-order valence-corrected chi connectivity index (χ4v) is 4.05. The van der Waals surface area contributed by atoms with Gasteiger partial charge >= 0.3 is 0 Å². The average molecular weight is 512 g/mol. The molecule has 194 valence electrons. The van der Waals surface area contributed by atoms with Gasteiger partial charge in [-0.1, -0.05) is 18.2 Å². The number of methoxy groups -OCH3 is 1. The van der Waals surface area contributed by atoms with Crippen molar-refractivity contribution in [2.24, 2.45) is 4.99 Å². The first kappa shape index (κ1) is 28.8. The molecule has 1 unspecified atom stereocenters. The van der Waals surface area contributed by atoms with E-state index < -0.39 is 24.1 Å². The summed E-state index contributed by atoms with van der Waals surface area (Å²) in [7, 11) is 1.54. The summed E-state index contributed by atoms with van der Waals surface area (Å²) in [5.41, 5.74) is 1.39. The first-order valence-corrected chi connectivity index (χ1v) is 11.8. The van der Waals surface area contributed by atoms with E-state index in [0.29, 0.717) is 49.7 Å². The molecule has 1 fully saturated rings. The molecule has 2 rings (SSSR count). The molecule has 4 atom stereocenters. The van der Waals surface area contributed by atoms with Crippen molar-refractivity contribution >= 4 is 24.0 Å². The number of hydrogen-bond donors (Lipinski definition) is 4. The third kappa shape index (κ3) is 7.78. The molecule has 0 radical (unpaired) electrons. The standard InChI is InChI=1S/C25H35ClFN3O5/c1-5-19(27)18(26)7-9-29-16(2)17-13-23(34-4)24(14-20(17)28-3)35-12-6-10-30-11-8-22(32)25(33)21(30)15-31/h5,7,9,13-14,16,21-22,25,29,31-33H,1,3,6,8,10-12,15H2,2,4H3/b9-7+,19-18-/t16?,21-,22-,25-/m1/s1. The number of nitrogens with one attached hydrogen (secondary N) is 1. The Morgan fingerprint density at radius 2 is 2.14 bits per heavy atom. The minimum Gasteiger partial charge on any atom is -0.493 e. The van der Waals surface area contributed by atoms with Crippen molar-refractivity contribution in [2.75, 3.05) is 33.4 Å². The number of allylic oxidation sites excluding steroid dienone is 4. The molecule has 4 N–H and O–H groups in total. The van der Waals surface area contributed by atoms with E-state index in [0.717, 1.165) is 11.6 Å². The van der Waals surface area contributed by atoms with Gasteiger partial charge in [-0.25, -0.2) is 4.39 Å². The molecule has 1 saturated heterocycles. The molecule has 0 amide bonds. The van der Waals surface area contributed by atoms with Crippen LogP contribution in [0.15, 0.2) is 52.9 Å². The second-order valence-corrected chi connectivity index (χ2v) is 8.58. The predicted octanol–water partition coefficient (Wildman–Crippen LogP) is 3.35. The monoisotopic (exact) mass is 511 g/mol. The summed E-state index contributed by atoms with van der Waals surface area (Å²) < 4.78 is 24.8. The minimum atomic E-state index is -0.970. The van der Waals surface area contributed by atoms with Gasteiger partial charge < -0.3 is 30.1 Å². The molecule has 0 aliphatic carbocycles. The number of likely N-dealkylation sites (tertiary alicyclic amines) is 1. The molecule has 8 nitrogen and oxygen atoms in total. The first-order valence-electron chi connectivity index (χ1n) is 11.4. The lowest BCUT2D eigenvalue weighted by Crippen LogP contribution is -2.56. The van der Waals surface area contributed by atoms with Crippen molar-refractivity contribution in [3.8, 4) is 11.5 Å². The summed E-state index contributed by atoms with van der Waals surface area (Å²) in [5, 5.41) is 32.5. The maximum absolute atomic E-state index is 13.4. The summed E-state index contributed by atoms with van der Waals surface area (Å²) in [5.74, 6) is 0.411. The fraction of sp³-hybridized carbons (Fsp3) is 0.480. The molecule has 1 aromatic carbocycles. The molecular formula is C25H35ClFN3O5. The van der Waals surface area contributed by atoms with Crippen LogP contribution in [0.4, 0.5) is 10.1 Å². The Kier molecular flexibility index (Phi) is 11.7. The highest BCUT2D eigenvalue weighted by atomic mass is 35.5. The van der Waals surface area contributed by atoms with Crippen molar-refractivity contribution in [3.05, 3.63) is 53.5 Å². The highest BCUT2D eigenvalue weighted by Gasteiger charge is 2.35. The molecule has 1 aromatic rings. The zero-order valence-corrected chi connectivity index (χ0v) is 20.9. The second-order valence-electron chi connectivity index (χ2n) is 8.18. The second kappa shape index (κ2) is 14.2. The summed E-state index contributed by atoms with van der Waals surface area (Å²) in [6, 6.07) is 2.83. The Morgan fingerprint density at radius 3 is 2.77 bits per heavy atom. The predicted molar refractivity (Wildman–Crippen MR) is 136 cm³/mol. The van der Waals surface area contributed by atoms with Crippen molar-refractivity contribution < 1.29 is 29.2 Å². The number of rotatable bonds is 13. The zero-order valence-electron chi connectivity index (χ0n) is 20.2. The van der Waals surface area contributed by atoms with Gasteiger partial charge in [-0.2, -0.15) is 0 Å². The Bertz CT molecular complexity index is 927. The third-order valence-corrected chi connectivity index (χ3v) is 6.24. The molecule has 35 heavy (non-hydrogen) atoms. The van der Waals surface area contributed by atoms with Gasteiger partial charge in [0.25, 0.3) is 0 Å². The van der Waals surface area contributed by atoms with Gasteiger partial charge in [-0.05, 0) is 50.9 Å². The fourth-order valence-electron chi connectivity index (χ4n) is 3.91. The van der Waals surface area contributed by atoms with Crippen molar-refractivity contribution in [1.29, 1.82) is 0 Å². The lowest BCUT2D eigenvalue weighted by molar-refractivity contribution is -0.0900. The number of aliphatic hydroxyl groups is 3. The lowest BCUT2D eigenvalue weighted by atomic mass is 9.96. The van der Waals surface area contributed by atoms with E-state index >= 15 is 0 Å². The summed E-state index contributed by atoms with van der Waals surface area (Å²) >= 11 is 5.83. The van der Waals surface area contributed by atoms with Crippen LogP contribution in [0.1, 0.15) is 31.4 Å². The molecule has 0 spiro atoms. The van der Waals surface area contributed by atoms with Gasteiger partial charge in [0.05, 0.1) is 55.3 Å². The van der Waals surface area contributed by atoms with Crippen LogP contribution < -0.4 is 14.8 Å². The lowest BCUT2D eigenvalue weighted by Gasteiger charge is -2.40. The number of hydrogen-bond acceptors (Lipinski definition) is 8. The van der Waals surface area contributed by atoms with Crippen molar-refractivity contribution in [2.45, 2.75) is 44.1 Å². The van der Waals surface area contributed by atoms with E-state index in [1.165, 1.54) is 12.3 Å². The van der Waals surface area contributed by atoms with E-state index in [1.807, 2.05) is 11.8 Å². The first-order chi connectivity index (χ1) is 16.8. The molecular weight excluding hydrogens is 477 g/mol. The van der Waals surface area contributed by atoms with Crippen molar-refractivity contribution in [3.63, 3.8) is 0 Å². The number of nitrogens with zero attached hydrogens (tertiary/aromatic N) is 2. The van der Waals surface area contributed by atoms with Gasteiger partial charge in [0.2, 0.25) is 0 Å². The Hall–Kier alpha value is -2.43. The molecule has 0 saturated carbocycles. The number of aliphatic hydroxyl groups excluding tert-OH is 3. The number of halogens is 2. The molecule has 1 aliphatic heterocycles. The normalized spacial score (nSPS) is 22.4. The van der Waals surface area contributed by atoms with E-state index in [4.69, 9.17) is 21.1 Å². The SMILES string of the molecule is C=C/C(F)=C(Cl)\C=C\NC(C)c1cc(OC)c(OCCCN2CC[C@@H](O)[C@H](O)[C@H]2CO)cc1N=C.